The summed E-state index contributed by atoms with van der Waals surface area (Å²) in [5, 5.41) is 0. The lowest BCUT2D eigenvalue weighted by Crippen LogP contribution is -2.29. The lowest BCUT2D eigenvalue weighted by atomic mass is 10.5. The summed E-state index contributed by atoms with van der Waals surface area (Å²) in [6.07, 6.45) is -5.46. The van der Waals surface area contributed by atoms with Crippen LogP contribution in [0.25, 0.3) is 0 Å². The summed E-state index contributed by atoms with van der Waals surface area (Å²) in [4.78, 5) is 21.0. The number of hydrogen-bond acceptors (Lipinski definition) is 4. The van der Waals surface area contributed by atoms with Crippen LogP contribution in [-0.4, -0.2) is 27.4 Å². The van der Waals surface area contributed by atoms with Crippen LogP contribution in [0.15, 0.2) is 0 Å². The van der Waals surface area contributed by atoms with E-state index in [1.54, 1.807) is 0 Å². The lowest BCUT2D eigenvalue weighted by Gasteiger charge is -2.15. The van der Waals surface area contributed by atoms with Crippen LogP contribution in [0.4, 0.5) is 13.2 Å². The Labute approximate surface area is 86.2 Å². The molecule has 0 rings (SSSR count). The predicted octanol–water partition coefficient (Wildman–Crippen LogP) is 1.29. The number of carbonyl (C=O) groups excluding carboxylic acids is 2. The zero-order valence-electron chi connectivity index (χ0n) is 8.26. The van der Waals surface area contributed by atoms with Crippen molar-refractivity contribution in [3.8, 4) is 0 Å². The second-order valence-corrected chi connectivity index (χ2v) is 4.71. The Kier molecular flexibility index (Phi) is 5.33. The van der Waals surface area contributed by atoms with Crippen LogP contribution in [0.2, 0.25) is 6.04 Å². The van der Waals surface area contributed by atoms with E-state index in [9.17, 15) is 22.8 Å². The fourth-order valence-corrected chi connectivity index (χ4v) is 2.38. The van der Waals surface area contributed by atoms with Crippen molar-refractivity contribution < 1.29 is 31.6 Å². The van der Waals surface area contributed by atoms with Crippen molar-refractivity contribution in [3.63, 3.8) is 0 Å². The van der Waals surface area contributed by atoms with Crippen molar-refractivity contribution in [1.29, 1.82) is 0 Å². The van der Waals surface area contributed by atoms with Crippen molar-refractivity contribution in [2.24, 2.45) is 0 Å². The highest BCUT2D eigenvalue weighted by molar-refractivity contribution is 6.48. The number of alkyl halides is 3. The first-order valence-electron chi connectivity index (χ1n) is 4.12. The Morgan fingerprint density at radius 1 is 1.13 bits per heavy atom. The third-order valence-electron chi connectivity index (χ3n) is 1.26. The molecule has 0 unspecified atom stereocenters. The molecule has 0 fully saturated rings. The molecular formula is C7H11F3O4Si. The number of hydrogen-bond donors (Lipinski definition) is 0. The van der Waals surface area contributed by atoms with Gasteiger partial charge in [-0.15, -0.1) is 0 Å². The summed E-state index contributed by atoms with van der Waals surface area (Å²) in [6, 6.07) is -0.456. The minimum absolute atomic E-state index is 0.456. The van der Waals surface area contributed by atoms with E-state index < -0.39 is 39.9 Å². The van der Waals surface area contributed by atoms with E-state index in [2.05, 4.69) is 8.85 Å². The van der Waals surface area contributed by atoms with Gasteiger partial charge in [0.2, 0.25) is 0 Å². The molecule has 0 N–H and O–H groups in total. The fraction of sp³-hybridized carbons (Fsp3) is 0.714. The molecule has 0 aromatic rings. The largest absolute Gasteiger partial charge is 0.487 e. The normalized spacial score (nSPS) is 11.3. The smallest absolute Gasteiger partial charge is 0.448 e. The van der Waals surface area contributed by atoms with Gasteiger partial charge < -0.3 is 8.85 Å². The van der Waals surface area contributed by atoms with Crippen LogP contribution in [0.3, 0.4) is 0 Å². The van der Waals surface area contributed by atoms with E-state index in [0.29, 0.717) is 0 Å². The first-order valence-corrected chi connectivity index (χ1v) is 5.88. The summed E-state index contributed by atoms with van der Waals surface area (Å²) in [5.41, 5.74) is 0. The Bertz CT molecular complexity index is 225. The molecule has 0 radical (unpaired) electrons. The van der Waals surface area contributed by atoms with Gasteiger partial charge in [0.25, 0.3) is 11.9 Å². The average Bonchev–Trinajstić information content (AvgIpc) is 1.96. The minimum Gasteiger partial charge on any atom is -0.487 e. The summed E-state index contributed by atoms with van der Waals surface area (Å²) in [7, 11) is -2.87. The second-order valence-electron chi connectivity index (χ2n) is 2.80. The van der Waals surface area contributed by atoms with E-state index in [1.807, 2.05) is 0 Å². The number of carbonyl (C=O) groups is 2. The molecule has 0 atom stereocenters. The zero-order valence-corrected chi connectivity index (χ0v) is 9.41. The maximum Gasteiger partial charge on any atom is 0.448 e. The van der Waals surface area contributed by atoms with Crippen LogP contribution in [0, 0.1) is 0 Å². The van der Waals surface area contributed by atoms with Crippen molar-refractivity contribution in [2.75, 3.05) is 0 Å². The standard InChI is InChI=1S/C7H11F3O4Si/c1-5(11)13-15(14-6(2)12)4-3-7(8,9)10/h15H,3-4H2,1-2H3. The quantitative estimate of drug-likeness (QED) is 0.699. The monoisotopic (exact) mass is 244 g/mol. The summed E-state index contributed by atoms with van der Waals surface area (Å²) < 4.78 is 44.5. The first-order chi connectivity index (χ1) is 6.70. The lowest BCUT2D eigenvalue weighted by molar-refractivity contribution is -0.141. The fourth-order valence-electron chi connectivity index (χ4n) is 0.794. The van der Waals surface area contributed by atoms with E-state index >= 15 is 0 Å². The molecule has 0 heterocycles. The second kappa shape index (κ2) is 5.74. The van der Waals surface area contributed by atoms with Gasteiger partial charge in [0.15, 0.2) is 0 Å². The topological polar surface area (TPSA) is 52.6 Å². The highest BCUT2D eigenvalue weighted by Crippen LogP contribution is 2.23. The maximum absolute atomic E-state index is 11.8. The van der Waals surface area contributed by atoms with Gasteiger partial charge in [-0.25, -0.2) is 0 Å². The summed E-state index contributed by atoms with van der Waals surface area (Å²) in [5.74, 6) is -1.48. The Morgan fingerprint density at radius 2 is 1.53 bits per heavy atom. The van der Waals surface area contributed by atoms with Gasteiger partial charge in [0.1, 0.15) is 0 Å². The van der Waals surface area contributed by atoms with Gasteiger partial charge in [0, 0.05) is 26.3 Å². The van der Waals surface area contributed by atoms with Crippen molar-refractivity contribution in [3.05, 3.63) is 0 Å². The van der Waals surface area contributed by atoms with Crippen molar-refractivity contribution in [2.45, 2.75) is 32.5 Å². The molecular weight excluding hydrogens is 233 g/mol. The molecule has 0 aliphatic rings. The minimum atomic E-state index is -4.34. The van der Waals surface area contributed by atoms with Gasteiger partial charge in [-0.3, -0.25) is 9.59 Å². The Hall–Kier alpha value is -1.05. The van der Waals surface area contributed by atoms with Crippen molar-refractivity contribution in [1.82, 2.24) is 0 Å². The van der Waals surface area contributed by atoms with Crippen LogP contribution in [0.5, 0.6) is 0 Å². The molecule has 15 heavy (non-hydrogen) atoms. The number of halogens is 3. The molecule has 0 aliphatic carbocycles. The highest BCUT2D eigenvalue weighted by Gasteiger charge is 2.32. The van der Waals surface area contributed by atoms with E-state index in [1.165, 1.54) is 0 Å². The summed E-state index contributed by atoms with van der Waals surface area (Å²) in [6.45, 7) is 2.11. The molecule has 8 heteroatoms. The molecule has 0 aliphatic heterocycles. The predicted molar refractivity (Wildman–Crippen MR) is 46.2 cm³/mol. The third kappa shape index (κ3) is 9.26. The molecule has 0 bridgehead atoms. The first kappa shape index (κ1) is 13.9. The Morgan fingerprint density at radius 3 is 1.80 bits per heavy atom. The van der Waals surface area contributed by atoms with Crippen LogP contribution >= 0.6 is 0 Å². The molecule has 0 saturated heterocycles. The van der Waals surface area contributed by atoms with Gasteiger partial charge in [0.05, 0.1) is 0 Å². The Balaban J connectivity index is 4.12. The van der Waals surface area contributed by atoms with Gasteiger partial charge in [-0.05, 0) is 0 Å². The van der Waals surface area contributed by atoms with E-state index in [4.69, 9.17) is 0 Å². The molecule has 0 aromatic heterocycles. The summed E-state index contributed by atoms with van der Waals surface area (Å²) >= 11 is 0. The molecule has 4 nitrogen and oxygen atoms in total. The maximum atomic E-state index is 11.8. The van der Waals surface area contributed by atoms with Gasteiger partial charge in [-0.2, -0.15) is 13.2 Å². The molecule has 0 saturated carbocycles. The molecule has 0 spiro atoms. The molecule has 88 valence electrons. The van der Waals surface area contributed by atoms with Crippen LogP contribution in [-0.2, 0) is 18.4 Å². The third-order valence-corrected chi connectivity index (χ3v) is 3.21. The van der Waals surface area contributed by atoms with E-state index in [0.717, 1.165) is 13.8 Å². The van der Waals surface area contributed by atoms with Crippen LogP contribution < -0.4 is 0 Å². The molecule has 0 aromatic carbocycles. The SMILES string of the molecule is CC(=O)O[SiH](CCC(F)(F)F)OC(C)=O. The average molecular weight is 244 g/mol. The molecule has 0 amide bonds. The number of rotatable bonds is 4. The van der Waals surface area contributed by atoms with Crippen molar-refractivity contribution >= 4 is 21.2 Å². The zero-order chi connectivity index (χ0) is 12.1. The van der Waals surface area contributed by atoms with Crippen LogP contribution in [0.1, 0.15) is 20.3 Å². The van der Waals surface area contributed by atoms with E-state index in [-0.39, 0.29) is 0 Å². The highest BCUT2D eigenvalue weighted by atomic mass is 28.3. The van der Waals surface area contributed by atoms with Gasteiger partial charge in [-0.1, -0.05) is 0 Å². The van der Waals surface area contributed by atoms with Gasteiger partial charge >= 0.3 is 15.5 Å².